The van der Waals surface area contributed by atoms with E-state index >= 15 is 0 Å². The SMILES string of the molecule is COc1cc(C(=O)NCC(C(=O)NCC#N)C2CCCCC2)cc(OC)c1OC. The molecule has 8 nitrogen and oxygen atoms in total. The molecule has 1 atom stereocenters. The maximum absolute atomic E-state index is 12.8. The molecule has 8 heteroatoms. The molecule has 2 amide bonds. The summed E-state index contributed by atoms with van der Waals surface area (Å²) in [5, 5.41) is 14.2. The zero-order chi connectivity index (χ0) is 21.2. The molecular formula is C21H29N3O5. The van der Waals surface area contributed by atoms with Gasteiger partial charge < -0.3 is 24.8 Å². The second-order valence-electron chi connectivity index (χ2n) is 7.00. The van der Waals surface area contributed by atoms with Gasteiger partial charge in [0.15, 0.2) is 11.5 Å². The summed E-state index contributed by atoms with van der Waals surface area (Å²) in [5.74, 6) is 0.474. The molecule has 0 bridgehead atoms. The quantitative estimate of drug-likeness (QED) is 0.612. The van der Waals surface area contributed by atoms with E-state index in [1.165, 1.54) is 27.8 Å². The fraction of sp³-hybridized carbons (Fsp3) is 0.571. The van der Waals surface area contributed by atoms with Crippen LogP contribution in [0.5, 0.6) is 17.2 Å². The summed E-state index contributed by atoms with van der Waals surface area (Å²) in [6.07, 6.45) is 5.22. The van der Waals surface area contributed by atoms with Crippen molar-refractivity contribution < 1.29 is 23.8 Å². The van der Waals surface area contributed by atoms with E-state index in [1.807, 2.05) is 6.07 Å². The van der Waals surface area contributed by atoms with Crippen molar-refractivity contribution in [1.29, 1.82) is 5.26 Å². The van der Waals surface area contributed by atoms with Crippen LogP contribution >= 0.6 is 0 Å². The highest BCUT2D eigenvalue weighted by atomic mass is 16.5. The Morgan fingerprint density at radius 3 is 2.21 bits per heavy atom. The number of nitrogens with zero attached hydrogens (tertiary/aromatic N) is 1. The third-order valence-corrected chi connectivity index (χ3v) is 5.31. The molecule has 1 aromatic rings. The predicted octanol–water partition coefficient (Wildman–Crippen LogP) is 2.28. The van der Waals surface area contributed by atoms with E-state index in [2.05, 4.69) is 10.6 Å². The van der Waals surface area contributed by atoms with E-state index < -0.39 is 0 Å². The zero-order valence-electron chi connectivity index (χ0n) is 17.2. The normalized spacial score (nSPS) is 15.0. The van der Waals surface area contributed by atoms with Crippen molar-refractivity contribution in [3.05, 3.63) is 17.7 Å². The van der Waals surface area contributed by atoms with E-state index in [0.29, 0.717) is 22.8 Å². The van der Waals surface area contributed by atoms with Crippen LogP contribution in [0.4, 0.5) is 0 Å². The van der Waals surface area contributed by atoms with Gasteiger partial charge in [-0.25, -0.2) is 0 Å². The Labute approximate surface area is 171 Å². The van der Waals surface area contributed by atoms with Crippen LogP contribution in [-0.2, 0) is 4.79 Å². The van der Waals surface area contributed by atoms with E-state index in [1.54, 1.807) is 12.1 Å². The van der Waals surface area contributed by atoms with Gasteiger partial charge in [-0.2, -0.15) is 5.26 Å². The van der Waals surface area contributed by atoms with Crippen molar-refractivity contribution in [3.8, 4) is 23.3 Å². The van der Waals surface area contributed by atoms with Crippen LogP contribution in [-0.4, -0.2) is 46.2 Å². The molecule has 0 saturated heterocycles. The Balaban J connectivity index is 2.14. The molecule has 1 aromatic carbocycles. The predicted molar refractivity (Wildman–Crippen MR) is 107 cm³/mol. The van der Waals surface area contributed by atoms with Gasteiger partial charge in [-0.3, -0.25) is 9.59 Å². The summed E-state index contributed by atoms with van der Waals surface area (Å²) in [6.45, 7) is 0.167. The highest BCUT2D eigenvalue weighted by molar-refractivity contribution is 5.96. The number of nitriles is 1. The lowest BCUT2D eigenvalue weighted by molar-refractivity contribution is -0.126. The molecular weight excluding hydrogens is 374 g/mol. The van der Waals surface area contributed by atoms with Gasteiger partial charge in [-0.05, 0) is 30.9 Å². The number of amides is 2. The van der Waals surface area contributed by atoms with Gasteiger partial charge in [0.25, 0.3) is 5.91 Å². The molecule has 1 saturated carbocycles. The topological polar surface area (TPSA) is 110 Å². The van der Waals surface area contributed by atoms with Gasteiger partial charge >= 0.3 is 0 Å². The number of carbonyl (C=O) groups is 2. The van der Waals surface area contributed by atoms with Gasteiger partial charge in [-0.15, -0.1) is 0 Å². The van der Waals surface area contributed by atoms with Crippen LogP contribution in [0.1, 0.15) is 42.5 Å². The summed E-state index contributed by atoms with van der Waals surface area (Å²) < 4.78 is 15.9. The Bertz CT molecular complexity index is 728. The highest BCUT2D eigenvalue weighted by Gasteiger charge is 2.30. The van der Waals surface area contributed by atoms with Crippen molar-refractivity contribution in [2.45, 2.75) is 32.1 Å². The molecule has 0 heterocycles. The van der Waals surface area contributed by atoms with Gasteiger partial charge in [0.05, 0.1) is 33.3 Å². The first-order chi connectivity index (χ1) is 14.0. The molecule has 2 N–H and O–H groups in total. The molecule has 158 valence electrons. The molecule has 1 aliphatic rings. The van der Waals surface area contributed by atoms with Crippen LogP contribution in [0.15, 0.2) is 12.1 Å². The van der Waals surface area contributed by atoms with E-state index in [4.69, 9.17) is 19.5 Å². The number of methoxy groups -OCH3 is 3. The minimum absolute atomic E-state index is 0.0388. The minimum Gasteiger partial charge on any atom is -0.493 e. The number of hydrogen-bond donors (Lipinski definition) is 2. The van der Waals surface area contributed by atoms with Gasteiger partial charge in [-0.1, -0.05) is 19.3 Å². The number of carbonyl (C=O) groups excluding carboxylic acids is 2. The van der Waals surface area contributed by atoms with Crippen molar-refractivity contribution in [1.82, 2.24) is 10.6 Å². The second kappa shape index (κ2) is 11.1. The van der Waals surface area contributed by atoms with Gasteiger partial charge in [0.2, 0.25) is 11.7 Å². The molecule has 1 unspecified atom stereocenters. The molecule has 1 aliphatic carbocycles. The molecule has 29 heavy (non-hydrogen) atoms. The first kappa shape index (κ1) is 22.3. The Kier molecular flexibility index (Phi) is 8.59. The van der Waals surface area contributed by atoms with Crippen molar-refractivity contribution in [3.63, 3.8) is 0 Å². The summed E-state index contributed by atoms with van der Waals surface area (Å²) in [6, 6.07) is 5.07. The van der Waals surface area contributed by atoms with Crippen molar-refractivity contribution >= 4 is 11.8 Å². The number of benzene rings is 1. The van der Waals surface area contributed by atoms with Crippen molar-refractivity contribution in [2.24, 2.45) is 11.8 Å². The number of hydrogen-bond acceptors (Lipinski definition) is 6. The van der Waals surface area contributed by atoms with Crippen LogP contribution in [0.2, 0.25) is 0 Å². The zero-order valence-corrected chi connectivity index (χ0v) is 17.2. The standard InChI is InChI=1S/C21H29N3O5/c1-27-17-11-15(12-18(28-2)19(17)29-3)20(25)24-13-16(21(26)23-10-9-22)14-7-5-4-6-8-14/h11-12,14,16H,4-8,10,13H2,1-3H3,(H,23,26)(H,24,25). The van der Waals surface area contributed by atoms with E-state index in [0.717, 1.165) is 25.7 Å². The maximum atomic E-state index is 12.8. The third kappa shape index (κ3) is 5.76. The molecule has 1 fully saturated rings. The lowest BCUT2D eigenvalue weighted by Crippen LogP contribution is -2.43. The lowest BCUT2D eigenvalue weighted by Gasteiger charge is -2.29. The largest absolute Gasteiger partial charge is 0.493 e. The van der Waals surface area contributed by atoms with Crippen LogP contribution < -0.4 is 24.8 Å². The molecule has 0 aliphatic heterocycles. The maximum Gasteiger partial charge on any atom is 0.251 e. The summed E-state index contributed by atoms with van der Waals surface area (Å²) in [7, 11) is 4.46. The minimum atomic E-state index is -0.366. The van der Waals surface area contributed by atoms with Crippen molar-refractivity contribution in [2.75, 3.05) is 34.4 Å². The number of nitrogens with one attached hydrogen (secondary N) is 2. The molecule has 2 rings (SSSR count). The lowest BCUT2D eigenvalue weighted by atomic mass is 9.79. The Hall–Kier alpha value is -2.95. The Morgan fingerprint density at radius 1 is 1.07 bits per heavy atom. The molecule has 0 radical (unpaired) electrons. The first-order valence-corrected chi connectivity index (χ1v) is 9.78. The van der Waals surface area contributed by atoms with Gasteiger partial charge in [0, 0.05) is 12.1 Å². The third-order valence-electron chi connectivity index (χ3n) is 5.31. The average molecular weight is 403 g/mol. The smallest absolute Gasteiger partial charge is 0.251 e. The second-order valence-corrected chi connectivity index (χ2v) is 7.00. The Morgan fingerprint density at radius 2 is 1.69 bits per heavy atom. The molecule has 0 aromatic heterocycles. The van der Waals surface area contributed by atoms with E-state index in [9.17, 15) is 9.59 Å². The highest BCUT2D eigenvalue weighted by Crippen LogP contribution is 2.38. The summed E-state index contributed by atoms with van der Waals surface area (Å²) >= 11 is 0. The summed E-state index contributed by atoms with van der Waals surface area (Å²) in [4.78, 5) is 25.3. The molecule has 0 spiro atoms. The van der Waals surface area contributed by atoms with Crippen LogP contribution in [0.3, 0.4) is 0 Å². The fourth-order valence-corrected chi connectivity index (χ4v) is 3.78. The average Bonchev–Trinajstić information content (AvgIpc) is 2.77. The van der Waals surface area contributed by atoms with Gasteiger partial charge in [0.1, 0.15) is 6.54 Å². The number of rotatable bonds is 9. The fourth-order valence-electron chi connectivity index (χ4n) is 3.78. The van der Waals surface area contributed by atoms with E-state index in [-0.39, 0.29) is 36.7 Å². The first-order valence-electron chi connectivity index (χ1n) is 9.78. The monoisotopic (exact) mass is 403 g/mol. The van der Waals surface area contributed by atoms with Crippen LogP contribution in [0, 0.1) is 23.2 Å². The van der Waals surface area contributed by atoms with Crippen LogP contribution in [0.25, 0.3) is 0 Å². The summed E-state index contributed by atoms with van der Waals surface area (Å²) in [5.41, 5.74) is 0.347. The number of ether oxygens (including phenoxy) is 3.